The number of aromatic nitrogens is 3. The first kappa shape index (κ1) is 12.9. The zero-order valence-electron chi connectivity index (χ0n) is 12.1. The Bertz CT molecular complexity index is 756. The van der Waals surface area contributed by atoms with Gasteiger partial charge in [0.25, 0.3) is 0 Å². The van der Waals surface area contributed by atoms with Crippen molar-refractivity contribution in [2.75, 3.05) is 18.1 Å². The molecule has 110 valence electrons. The van der Waals surface area contributed by atoms with E-state index in [4.69, 9.17) is 4.74 Å². The molecule has 0 unspecified atom stereocenters. The lowest BCUT2D eigenvalue weighted by atomic mass is 10.1. The minimum absolute atomic E-state index is 0.702. The summed E-state index contributed by atoms with van der Waals surface area (Å²) in [5.74, 6) is 0.929. The molecule has 0 radical (unpaired) electrons. The van der Waals surface area contributed by atoms with Crippen LogP contribution in [0.3, 0.4) is 0 Å². The molecule has 0 fully saturated rings. The van der Waals surface area contributed by atoms with Crippen LogP contribution >= 0.6 is 0 Å². The van der Waals surface area contributed by atoms with E-state index in [0.29, 0.717) is 6.61 Å². The number of nitrogens with one attached hydrogen (secondary N) is 1. The summed E-state index contributed by atoms with van der Waals surface area (Å²) in [7, 11) is 0. The topological polar surface area (TPSA) is 54.0 Å². The van der Waals surface area contributed by atoms with Crippen LogP contribution in [-0.2, 0) is 6.54 Å². The van der Waals surface area contributed by atoms with Gasteiger partial charge >= 0.3 is 0 Å². The minimum atomic E-state index is 0.702. The summed E-state index contributed by atoms with van der Waals surface area (Å²) in [5.41, 5.74) is 4.46. The van der Waals surface area contributed by atoms with Crippen molar-refractivity contribution in [3.05, 3.63) is 60.9 Å². The summed E-state index contributed by atoms with van der Waals surface area (Å²) >= 11 is 0. The van der Waals surface area contributed by atoms with Crippen LogP contribution in [0.2, 0.25) is 0 Å². The van der Waals surface area contributed by atoms with Crippen molar-refractivity contribution in [1.82, 2.24) is 15.0 Å². The lowest BCUT2D eigenvalue weighted by Crippen LogP contribution is -2.32. The van der Waals surface area contributed by atoms with E-state index in [-0.39, 0.29) is 0 Å². The Hall–Kier alpha value is -2.82. The molecule has 3 heterocycles. The van der Waals surface area contributed by atoms with Crippen molar-refractivity contribution < 1.29 is 4.74 Å². The first-order valence-electron chi connectivity index (χ1n) is 7.29. The maximum absolute atomic E-state index is 5.78. The van der Waals surface area contributed by atoms with E-state index in [1.165, 1.54) is 0 Å². The number of ether oxygens (including phenoxy) is 1. The van der Waals surface area contributed by atoms with Crippen LogP contribution in [0, 0.1) is 0 Å². The molecule has 0 bridgehead atoms. The third kappa shape index (κ3) is 2.41. The summed E-state index contributed by atoms with van der Waals surface area (Å²) < 4.78 is 5.78. The van der Waals surface area contributed by atoms with E-state index >= 15 is 0 Å². The largest absolute Gasteiger partial charge is 0.490 e. The van der Waals surface area contributed by atoms with Gasteiger partial charge in [0.15, 0.2) is 0 Å². The van der Waals surface area contributed by atoms with Crippen LogP contribution in [0.5, 0.6) is 5.75 Å². The molecule has 3 aromatic rings. The van der Waals surface area contributed by atoms with Crippen molar-refractivity contribution in [2.45, 2.75) is 6.54 Å². The molecule has 1 N–H and O–H groups in total. The number of fused-ring (bicyclic) bond motifs is 1. The molecule has 4 rings (SSSR count). The van der Waals surface area contributed by atoms with Gasteiger partial charge in [-0.2, -0.15) is 0 Å². The lowest BCUT2D eigenvalue weighted by Gasteiger charge is -2.31. The van der Waals surface area contributed by atoms with Gasteiger partial charge in [0, 0.05) is 24.2 Å². The van der Waals surface area contributed by atoms with Gasteiger partial charge in [-0.15, -0.1) is 0 Å². The molecule has 0 saturated carbocycles. The van der Waals surface area contributed by atoms with Gasteiger partial charge in [0.05, 0.1) is 30.8 Å². The van der Waals surface area contributed by atoms with Gasteiger partial charge in [0.1, 0.15) is 12.4 Å². The molecule has 1 aromatic carbocycles. The van der Waals surface area contributed by atoms with Gasteiger partial charge < -0.3 is 14.6 Å². The predicted molar refractivity (Wildman–Crippen MR) is 84.8 cm³/mol. The molecule has 5 heteroatoms. The Morgan fingerprint density at radius 3 is 2.95 bits per heavy atom. The zero-order valence-corrected chi connectivity index (χ0v) is 12.1. The molecule has 5 nitrogen and oxygen atoms in total. The van der Waals surface area contributed by atoms with E-state index in [9.17, 15) is 0 Å². The zero-order chi connectivity index (χ0) is 14.8. The van der Waals surface area contributed by atoms with Crippen molar-refractivity contribution in [1.29, 1.82) is 0 Å². The Morgan fingerprint density at radius 2 is 2.14 bits per heavy atom. The number of rotatable bonds is 3. The number of hydrogen-bond donors (Lipinski definition) is 1. The third-order valence-corrected chi connectivity index (χ3v) is 3.83. The predicted octanol–water partition coefficient (Wildman–Crippen LogP) is 2.87. The average Bonchev–Trinajstić information content (AvgIpc) is 3.09. The lowest BCUT2D eigenvalue weighted by molar-refractivity contribution is 0.307. The van der Waals surface area contributed by atoms with E-state index < -0.39 is 0 Å². The molecule has 0 aliphatic carbocycles. The van der Waals surface area contributed by atoms with Gasteiger partial charge in [-0.3, -0.25) is 4.98 Å². The number of pyridine rings is 1. The molecule has 0 atom stereocenters. The normalized spacial score (nSPS) is 13.5. The second-order valence-electron chi connectivity index (χ2n) is 5.27. The number of benzene rings is 1. The first-order valence-corrected chi connectivity index (χ1v) is 7.29. The summed E-state index contributed by atoms with van der Waals surface area (Å²) in [4.78, 5) is 13.8. The van der Waals surface area contributed by atoms with Crippen molar-refractivity contribution >= 4 is 5.69 Å². The first-order chi connectivity index (χ1) is 10.9. The second kappa shape index (κ2) is 5.52. The number of anilines is 1. The molecule has 0 spiro atoms. The van der Waals surface area contributed by atoms with Crippen molar-refractivity contribution in [2.24, 2.45) is 0 Å². The fourth-order valence-electron chi connectivity index (χ4n) is 2.73. The van der Waals surface area contributed by atoms with Crippen LogP contribution in [0.1, 0.15) is 5.69 Å². The smallest absolute Gasteiger partial charge is 0.142 e. The molecule has 1 aliphatic rings. The Balaban J connectivity index is 1.70. The molecular weight excluding hydrogens is 276 g/mol. The maximum atomic E-state index is 5.78. The van der Waals surface area contributed by atoms with E-state index in [2.05, 4.69) is 38.1 Å². The highest BCUT2D eigenvalue weighted by atomic mass is 16.5. The fraction of sp³-hybridized carbons (Fsp3) is 0.176. The summed E-state index contributed by atoms with van der Waals surface area (Å²) in [6.45, 7) is 2.36. The third-order valence-electron chi connectivity index (χ3n) is 3.83. The van der Waals surface area contributed by atoms with Gasteiger partial charge in [-0.25, -0.2) is 4.98 Å². The highest BCUT2D eigenvalue weighted by Crippen LogP contribution is 2.36. The summed E-state index contributed by atoms with van der Waals surface area (Å²) in [6, 6.07) is 10.3. The monoisotopic (exact) mass is 292 g/mol. The van der Waals surface area contributed by atoms with Gasteiger partial charge in [-0.05, 0) is 23.8 Å². The highest BCUT2D eigenvalue weighted by Gasteiger charge is 2.19. The van der Waals surface area contributed by atoms with Crippen LogP contribution in [-0.4, -0.2) is 28.1 Å². The van der Waals surface area contributed by atoms with E-state index in [1.807, 2.05) is 24.5 Å². The number of imidazole rings is 1. The molecule has 0 amide bonds. The Kier molecular flexibility index (Phi) is 3.23. The quantitative estimate of drug-likeness (QED) is 0.806. The van der Waals surface area contributed by atoms with E-state index in [1.54, 1.807) is 12.5 Å². The van der Waals surface area contributed by atoms with E-state index in [0.717, 1.165) is 41.3 Å². The molecular formula is C17H16N4O. The number of nitrogens with zero attached hydrogens (tertiary/aromatic N) is 3. The minimum Gasteiger partial charge on any atom is -0.490 e. The molecule has 2 aromatic heterocycles. The second-order valence-corrected chi connectivity index (χ2v) is 5.27. The number of aromatic amines is 1. The van der Waals surface area contributed by atoms with Gasteiger partial charge in [0.2, 0.25) is 0 Å². The highest BCUT2D eigenvalue weighted by molar-refractivity contribution is 5.72. The van der Waals surface area contributed by atoms with Gasteiger partial charge in [-0.1, -0.05) is 12.1 Å². The molecule has 1 aliphatic heterocycles. The average molecular weight is 292 g/mol. The molecule has 22 heavy (non-hydrogen) atoms. The number of hydrogen-bond acceptors (Lipinski definition) is 4. The van der Waals surface area contributed by atoms with Crippen LogP contribution in [0.15, 0.2) is 55.2 Å². The summed E-state index contributed by atoms with van der Waals surface area (Å²) in [5, 5.41) is 0. The van der Waals surface area contributed by atoms with Crippen LogP contribution in [0.4, 0.5) is 5.69 Å². The Morgan fingerprint density at radius 1 is 1.14 bits per heavy atom. The van der Waals surface area contributed by atoms with Crippen LogP contribution < -0.4 is 9.64 Å². The fourth-order valence-corrected chi connectivity index (χ4v) is 2.73. The van der Waals surface area contributed by atoms with Crippen molar-refractivity contribution in [3.8, 4) is 16.9 Å². The Labute approximate surface area is 128 Å². The molecule has 0 saturated heterocycles. The number of H-pyrrole nitrogens is 1. The SMILES string of the molecule is c1cncc(-c2ccc3c(c2)N(Cc2cnc[nH]2)CCO3)c1. The summed E-state index contributed by atoms with van der Waals surface area (Å²) in [6.07, 6.45) is 7.24. The van der Waals surface area contributed by atoms with Crippen molar-refractivity contribution in [3.63, 3.8) is 0 Å². The standard InChI is InChI=1S/C17H16N4O/c1-2-14(9-18-5-1)13-3-4-17-16(8-13)21(6-7-22-17)11-15-10-19-12-20-15/h1-5,8-10,12H,6-7,11H2,(H,19,20). The van der Waals surface area contributed by atoms with Crippen LogP contribution in [0.25, 0.3) is 11.1 Å². The maximum Gasteiger partial charge on any atom is 0.142 e.